The number of carbonyl (C=O) groups is 2. The van der Waals surface area contributed by atoms with Crippen LogP contribution in [0.25, 0.3) is 0 Å². The molecule has 0 saturated heterocycles. The number of benzene rings is 2. The van der Waals surface area contributed by atoms with Crippen molar-refractivity contribution in [3.05, 3.63) is 69.8 Å². The van der Waals surface area contributed by atoms with Gasteiger partial charge in [-0.1, -0.05) is 12.1 Å². The molecule has 0 saturated carbocycles. The van der Waals surface area contributed by atoms with Crippen LogP contribution in [-0.2, 0) is 9.59 Å². The van der Waals surface area contributed by atoms with Crippen LogP contribution in [0.3, 0.4) is 0 Å². The second-order valence-electron chi connectivity index (χ2n) is 5.90. The minimum Gasteiger partial charge on any atom is -0.494 e. The summed E-state index contributed by atoms with van der Waals surface area (Å²) >= 11 is 3.19. The zero-order chi connectivity index (χ0) is 19.6. The minimum atomic E-state index is -0.601. The molecule has 2 N–H and O–H groups in total. The second-order valence-corrected chi connectivity index (χ2v) is 6.75. The van der Waals surface area contributed by atoms with E-state index in [0.717, 1.165) is 0 Å². The lowest BCUT2D eigenvalue weighted by Crippen LogP contribution is -2.32. The quantitative estimate of drug-likeness (QED) is 0.764. The number of methoxy groups -OCH3 is 1. The Morgan fingerprint density at radius 1 is 1.30 bits per heavy atom. The summed E-state index contributed by atoms with van der Waals surface area (Å²) in [6, 6.07) is 8.28. The number of rotatable bonds is 4. The predicted molar refractivity (Wildman–Crippen MR) is 99.3 cm³/mol. The van der Waals surface area contributed by atoms with Crippen LogP contribution in [-0.4, -0.2) is 18.9 Å². The van der Waals surface area contributed by atoms with Gasteiger partial charge >= 0.3 is 0 Å². The molecule has 2 aromatic carbocycles. The highest BCUT2D eigenvalue weighted by atomic mass is 79.9. The van der Waals surface area contributed by atoms with E-state index < -0.39 is 23.5 Å². The van der Waals surface area contributed by atoms with Gasteiger partial charge in [-0.05, 0) is 39.7 Å². The van der Waals surface area contributed by atoms with E-state index in [9.17, 15) is 18.4 Å². The molecule has 0 fully saturated rings. The molecule has 8 heteroatoms. The van der Waals surface area contributed by atoms with Gasteiger partial charge in [-0.15, -0.1) is 0 Å². The molecule has 3 rings (SSSR count). The normalized spacial score (nSPS) is 16.4. The molecule has 27 heavy (non-hydrogen) atoms. The van der Waals surface area contributed by atoms with Crippen molar-refractivity contribution in [2.75, 3.05) is 12.4 Å². The first kappa shape index (κ1) is 19.0. The van der Waals surface area contributed by atoms with E-state index in [-0.39, 0.29) is 23.7 Å². The van der Waals surface area contributed by atoms with Crippen molar-refractivity contribution in [2.24, 2.45) is 0 Å². The molecule has 1 aliphatic heterocycles. The van der Waals surface area contributed by atoms with E-state index in [1.165, 1.54) is 43.6 Å². The molecular formula is C19H15BrF2N2O3. The summed E-state index contributed by atoms with van der Waals surface area (Å²) in [6.45, 7) is 0. The van der Waals surface area contributed by atoms with E-state index in [1.807, 2.05) is 0 Å². The number of nitrogens with one attached hydrogen (secondary N) is 2. The Bertz CT molecular complexity index is 947. The Morgan fingerprint density at radius 2 is 2.07 bits per heavy atom. The summed E-state index contributed by atoms with van der Waals surface area (Å²) in [5, 5.41) is 5.17. The van der Waals surface area contributed by atoms with Crippen LogP contribution in [0.2, 0.25) is 0 Å². The predicted octanol–water partition coefficient (Wildman–Crippen LogP) is 3.86. The molecule has 140 valence electrons. The maximum absolute atomic E-state index is 13.7. The fraction of sp³-hybridized carbons (Fsp3) is 0.158. The van der Waals surface area contributed by atoms with Gasteiger partial charge in [0.25, 0.3) is 5.91 Å². The van der Waals surface area contributed by atoms with Gasteiger partial charge in [0.1, 0.15) is 5.82 Å². The number of halogens is 3. The van der Waals surface area contributed by atoms with E-state index in [2.05, 4.69) is 26.6 Å². The molecule has 0 aromatic heterocycles. The fourth-order valence-electron chi connectivity index (χ4n) is 2.83. The van der Waals surface area contributed by atoms with Crippen molar-refractivity contribution in [3.63, 3.8) is 0 Å². The first-order valence-electron chi connectivity index (χ1n) is 7.98. The van der Waals surface area contributed by atoms with Crippen molar-refractivity contribution >= 4 is 33.4 Å². The minimum absolute atomic E-state index is 0.0105. The highest BCUT2D eigenvalue weighted by molar-refractivity contribution is 9.10. The average Bonchev–Trinajstić information content (AvgIpc) is 2.63. The zero-order valence-corrected chi connectivity index (χ0v) is 15.8. The van der Waals surface area contributed by atoms with Gasteiger partial charge in [0.2, 0.25) is 5.91 Å². The lowest BCUT2D eigenvalue weighted by molar-refractivity contribution is -0.121. The topological polar surface area (TPSA) is 67.4 Å². The molecule has 1 aliphatic rings. The van der Waals surface area contributed by atoms with Crippen molar-refractivity contribution in [1.82, 2.24) is 5.32 Å². The van der Waals surface area contributed by atoms with Gasteiger partial charge in [0.05, 0.1) is 12.8 Å². The lowest BCUT2D eigenvalue weighted by atomic mass is 9.86. The Morgan fingerprint density at radius 3 is 2.78 bits per heavy atom. The third kappa shape index (κ3) is 4.16. The Kier molecular flexibility index (Phi) is 5.55. The van der Waals surface area contributed by atoms with Gasteiger partial charge in [0, 0.05) is 34.7 Å². The van der Waals surface area contributed by atoms with Crippen molar-refractivity contribution in [2.45, 2.75) is 12.3 Å². The van der Waals surface area contributed by atoms with Crippen molar-refractivity contribution in [1.29, 1.82) is 0 Å². The average molecular weight is 437 g/mol. The number of amides is 2. The van der Waals surface area contributed by atoms with Gasteiger partial charge in [0.15, 0.2) is 11.6 Å². The van der Waals surface area contributed by atoms with Crippen LogP contribution in [0.4, 0.5) is 14.5 Å². The maximum Gasteiger partial charge on any atom is 0.253 e. The molecule has 0 bridgehead atoms. The van der Waals surface area contributed by atoms with Crippen LogP contribution >= 0.6 is 15.9 Å². The summed E-state index contributed by atoms with van der Waals surface area (Å²) in [4.78, 5) is 24.6. The molecule has 1 atom stereocenters. The zero-order valence-electron chi connectivity index (χ0n) is 14.2. The Labute approximate surface area is 162 Å². The highest BCUT2D eigenvalue weighted by Gasteiger charge is 2.29. The van der Waals surface area contributed by atoms with E-state index in [1.54, 1.807) is 6.07 Å². The monoisotopic (exact) mass is 436 g/mol. The molecule has 2 aromatic rings. The molecule has 5 nitrogen and oxygen atoms in total. The molecule has 0 radical (unpaired) electrons. The van der Waals surface area contributed by atoms with Crippen molar-refractivity contribution < 1.29 is 23.1 Å². The summed E-state index contributed by atoms with van der Waals surface area (Å²) in [5.74, 6) is -2.44. The van der Waals surface area contributed by atoms with Gasteiger partial charge in [-0.25, -0.2) is 8.78 Å². The second kappa shape index (κ2) is 7.87. The molecule has 1 heterocycles. The standard InChI is InChI=1S/C19H15BrF2N2O3/c1-27-17-8-16(14(20)7-15(17)22)24-19(26)13-9-23-18(25)6-12(13)10-3-2-4-11(21)5-10/h2-5,7-9,12H,6H2,1H3,(H,23,25)(H,24,26). The fourth-order valence-corrected chi connectivity index (χ4v) is 3.25. The third-order valence-electron chi connectivity index (χ3n) is 4.16. The maximum atomic E-state index is 13.7. The first-order chi connectivity index (χ1) is 12.9. The summed E-state index contributed by atoms with van der Waals surface area (Å²) < 4.78 is 32.6. The van der Waals surface area contributed by atoms with Crippen LogP contribution in [0.5, 0.6) is 5.75 Å². The SMILES string of the molecule is COc1cc(NC(=O)C2=CNC(=O)CC2c2cccc(F)c2)c(Br)cc1F. The van der Waals surface area contributed by atoms with Crippen molar-refractivity contribution in [3.8, 4) is 5.75 Å². The van der Waals surface area contributed by atoms with Gasteiger partial charge in [-0.3, -0.25) is 9.59 Å². The first-order valence-corrected chi connectivity index (χ1v) is 8.77. The largest absolute Gasteiger partial charge is 0.494 e. The third-order valence-corrected chi connectivity index (χ3v) is 4.81. The van der Waals surface area contributed by atoms with Crippen LogP contribution in [0.1, 0.15) is 17.9 Å². The van der Waals surface area contributed by atoms with E-state index >= 15 is 0 Å². The number of hydrogen-bond acceptors (Lipinski definition) is 3. The molecule has 2 amide bonds. The summed E-state index contributed by atoms with van der Waals surface area (Å²) in [6.07, 6.45) is 1.32. The number of carbonyl (C=O) groups excluding carboxylic acids is 2. The highest BCUT2D eigenvalue weighted by Crippen LogP contribution is 2.34. The summed E-state index contributed by atoms with van der Waals surface area (Å²) in [5.41, 5.74) is 1.08. The van der Waals surface area contributed by atoms with Crippen LogP contribution in [0, 0.1) is 11.6 Å². The smallest absolute Gasteiger partial charge is 0.253 e. The molecule has 0 spiro atoms. The number of hydrogen-bond donors (Lipinski definition) is 2. The Hall–Kier alpha value is -2.74. The number of ether oxygens (including phenoxy) is 1. The molecule has 1 unspecified atom stereocenters. The van der Waals surface area contributed by atoms with Crippen LogP contribution < -0.4 is 15.4 Å². The molecule has 0 aliphatic carbocycles. The number of anilines is 1. The lowest BCUT2D eigenvalue weighted by Gasteiger charge is -2.24. The van der Waals surface area contributed by atoms with Crippen LogP contribution in [0.15, 0.2) is 52.6 Å². The molecular weight excluding hydrogens is 422 g/mol. The van der Waals surface area contributed by atoms with E-state index in [0.29, 0.717) is 15.7 Å². The van der Waals surface area contributed by atoms with E-state index in [4.69, 9.17) is 4.74 Å². The summed E-state index contributed by atoms with van der Waals surface area (Å²) in [7, 11) is 1.32. The van der Waals surface area contributed by atoms with Gasteiger partial charge in [-0.2, -0.15) is 0 Å². The Balaban J connectivity index is 1.91. The van der Waals surface area contributed by atoms with Gasteiger partial charge < -0.3 is 15.4 Å².